The SMILES string of the molecule is Cc1ccc2c(C)c(C(=O)Nc3ccc4nccnc4c3)oc2c1C. The van der Waals surface area contributed by atoms with Crippen molar-refractivity contribution in [3.63, 3.8) is 0 Å². The number of furan rings is 1. The van der Waals surface area contributed by atoms with Gasteiger partial charge in [-0.05, 0) is 50.1 Å². The molecule has 1 amide bonds. The van der Waals surface area contributed by atoms with Crippen molar-refractivity contribution >= 4 is 33.6 Å². The number of benzene rings is 2. The van der Waals surface area contributed by atoms with Crippen molar-refractivity contribution in [1.82, 2.24) is 9.97 Å². The Labute approximate surface area is 144 Å². The van der Waals surface area contributed by atoms with Crippen LogP contribution in [0.3, 0.4) is 0 Å². The molecular formula is C20H17N3O2. The van der Waals surface area contributed by atoms with Gasteiger partial charge in [-0.2, -0.15) is 0 Å². The molecule has 0 aliphatic carbocycles. The minimum Gasteiger partial charge on any atom is -0.450 e. The molecule has 25 heavy (non-hydrogen) atoms. The van der Waals surface area contributed by atoms with Crippen molar-refractivity contribution in [3.8, 4) is 0 Å². The van der Waals surface area contributed by atoms with Gasteiger partial charge >= 0.3 is 0 Å². The second-order valence-electron chi connectivity index (χ2n) is 6.15. The number of nitrogens with one attached hydrogen (secondary N) is 1. The fourth-order valence-electron chi connectivity index (χ4n) is 2.96. The highest BCUT2D eigenvalue weighted by Crippen LogP contribution is 2.30. The topological polar surface area (TPSA) is 68.0 Å². The van der Waals surface area contributed by atoms with Gasteiger partial charge in [0.15, 0.2) is 5.76 Å². The summed E-state index contributed by atoms with van der Waals surface area (Å²) >= 11 is 0. The zero-order chi connectivity index (χ0) is 17.6. The van der Waals surface area contributed by atoms with Crippen LogP contribution in [0.4, 0.5) is 5.69 Å². The van der Waals surface area contributed by atoms with Crippen molar-refractivity contribution in [2.24, 2.45) is 0 Å². The maximum Gasteiger partial charge on any atom is 0.291 e. The predicted octanol–water partition coefficient (Wildman–Crippen LogP) is 4.55. The van der Waals surface area contributed by atoms with E-state index in [1.807, 2.05) is 45.0 Å². The Morgan fingerprint density at radius 2 is 1.72 bits per heavy atom. The first-order valence-corrected chi connectivity index (χ1v) is 8.06. The van der Waals surface area contributed by atoms with E-state index >= 15 is 0 Å². The van der Waals surface area contributed by atoms with Gasteiger partial charge in [0.1, 0.15) is 5.58 Å². The summed E-state index contributed by atoms with van der Waals surface area (Å²) in [7, 11) is 0. The van der Waals surface area contributed by atoms with Gasteiger partial charge in [0, 0.05) is 29.0 Å². The number of aryl methyl sites for hydroxylation is 3. The lowest BCUT2D eigenvalue weighted by molar-refractivity contribution is 0.0998. The van der Waals surface area contributed by atoms with Gasteiger partial charge in [0.05, 0.1) is 11.0 Å². The first-order chi connectivity index (χ1) is 12.0. The average Bonchev–Trinajstić information content (AvgIpc) is 2.96. The molecule has 0 aliphatic heterocycles. The Hall–Kier alpha value is -3.21. The van der Waals surface area contributed by atoms with Crippen molar-refractivity contribution in [2.45, 2.75) is 20.8 Å². The van der Waals surface area contributed by atoms with Crippen molar-refractivity contribution in [3.05, 3.63) is 65.2 Å². The Morgan fingerprint density at radius 1 is 0.960 bits per heavy atom. The number of hydrogen-bond donors (Lipinski definition) is 1. The number of rotatable bonds is 2. The quantitative estimate of drug-likeness (QED) is 0.585. The van der Waals surface area contributed by atoms with Crippen LogP contribution in [-0.4, -0.2) is 15.9 Å². The van der Waals surface area contributed by atoms with Crippen LogP contribution in [0.1, 0.15) is 27.2 Å². The molecule has 0 aliphatic rings. The van der Waals surface area contributed by atoms with Gasteiger partial charge in [-0.25, -0.2) is 0 Å². The maximum atomic E-state index is 12.7. The molecule has 0 unspecified atom stereocenters. The lowest BCUT2D eigenvalue weighted by atomic mass is 10.0. The summed E-state index contributed by atoms with van der Waals surface area (Å²) < 4.78 is 5.89. The summed E-state index contributed by atoms with van der Waals surface area (Å²) in [6, 6.07) is 9.48. The highest BCUT2D eigenvalue weighted by Gasteiger charge is 2.19. The molecule has 0 spiro atoms. The first kappa shape index (κ1) is 15.3. The molecule has 5 heteroatoms. The van der Waals surface area contributed by atoms with Crippen molar-refractivity contribution in [2.75, 3.05) is 5.32 Å². The second kappa shape index (κ2) is 5.70. The number of aromatic nitrogens is 2. The lowest BCUT2D eigenvalue weighted by Gasteiger charge is -2.05. The Kier molecular flexibility index (Phi) is 3.50. The molecule has 5 nitrogen and oxygen atoms in total. The van der Waals surface area contributed by atoms with Crippen LogP contribution in [0.25, 0.3) is 22.0 Å². The summed E-state index contributed by atoms with van der Waals surface area (Å²) in [6.07, 6.45) is 3.27. The number of nitrogens with zero attached hydrogens (tertiary/aromatic N) is 2. The molecule has 0 atom stereocenters. The third kappa shape index (κ3) is 2.54. The van der Waals surface area contributed by atoms with Gasteiger partial charge in [-0.3, -0.25) is 14.8 Å². The maximum absolute atomic E-state index is 12.7. The molecule has 4 aromatic rings. The minimum absolute atomic E-state index is 0.269. The number of carbonyl (C=O) groups excluding carboxylic acids is 1. The minimum atomic E-state index is -0.269. The fraction of sp³-hybridized carbons (Fsp3) is 0.150. The molecule has 0 bridgehead atoms. The van der Waals surface area contributed by atoms with E-state index < -0.39 is 0 Å². The van der Waals surface area contributed by atoms with Crippen LogP contribution in [0.2, 0.25) is 0 Å². The molecule has 2 heterocycles. The number of fused-ring (bicyclic) bond motifs is 2. The van der Waals surface area contributed by atoms with Crippen LogP contribution >= 0.6 is 0 Å². The van der Waals surface area contributed by atoms with Gasteiger partial charge in [-0.15, -0.1) is 0 Å². The zero-order valence-corrected chi connectivity index (χ0v) is 14.3. The van der Waals surface area contributed by atoms with E-state index in [4.69, 9.17) is 4.42 Å². The number of hydrogen-bond acceptors (Lipinski definition) is 4. The number of carbonyl (C=O) groups is 1. The third-order valence-electron chi connectivity index (χ3n) is 4.56. The van der Waals surface area contributed by atoms with E-state index in [-0.39, 0.29) is 5.91 Å². The molecule has 2 aromatic carbocycles. The van der Waals surface area contributed by atoms with Crippen LogP contribution in [0.5, 0.6) is 0 Å². The predicted molar refractivity (Wildman–Crippen MR) is 97.9 cm³/mol. The first-order valence-electron chi connectivity index (χ1n) is 8.06. The van der Waals surface area contributed by atoms with E-state index in [9.17, 15) is 4.79 Å². The fourth-order valence-corrected chi connectivity index (χ4v) is 2.96. The van der Waals surface area contributed by atoms with E-state index in [0.29, 0.717) is 11.4 Å². The summed E-state index contributed by atoms with van der Waals surface area (Å²) in [5, 5.41) is 3.86. The van der Waals surface area contributed by atoms with Gasteiger partial charge in [0.2, 0.25) is 0 Å². The highest BCUT2D eigenvalue weighted by molar-refractivity contribution is 6.07. The zero-order valence-electron chi connectivity index (χ0n) is 14.3. The largest absolute Gasteiger partial charge is 0.450 e. The summed E-state index contributed by atoms with van der Waals surface area (Å²) in [6.45, 7) is 5.94. The monoisotopic (exact) mass is 331 g/mol. The molecule has 2 aromatic heterocycles. The van der Waals surface area contributed by atoms with Gasteiger partial charge in [0.25, 0.3) is 5.91 Å². The second-order valence-corrected chi connectivity index (χ2v) is 6.15. The van der Waals surface area contributed by atoms with Gasteiger partial charge in [-0.1, -0.05) is 12.1 Å². The molecule has 4 rings (SSSR count). The Morgan fingerprint density at radius 3 is 2.52 bits per heavy atom. The lowest BCUT2D eigenvalue weighted by Crippen LogP contribution is -2.12. The Bertz CT molecular complexity index is 1130. The molecular weight excluding hydrogens is 314 g/mol. The summed E-state index contributed by atoms with van der Waals surface area (Å²) in [5.74, 6) is 0.0666. The average molecular weight is 331 g/mol. The van der Waals surface area contributed by atoms with E-state index in [0.717, 1.165) is 38.7 Å². The smallest absolute Gasteiger partial charge is 0.291 e. The highest BCUT2D eigenvalue weighted by atomic mass is 16.3. The molecule has 0 radical (unpaired) electrons. The molecule has 0 saturated carbocycles. The molecule has 0 saturated heterocycles. The Balaban J connectivity index is 1.71. The normalized spacial score (nSPS) is 11.2. The van der Waals surface area contributed by atoms with Crippen molar-refractivity contribution < 1.29 is 9.21 Å². The van der Waals surface area contributed by atoms with Crippen molar-refractivity contribution in [1.29, 1.82) is 0 Å². The van der Waals surface area contributed by atoms with Crippen LogP contribution < -0.4 is 5.32 Å². The molecule has 124 valence electrons. The molecule has 0 fully saturated rings. The van der Waals surface area contributed by atoms with E-state index in [1.165, 1.54) is 0 Å². The number of anilines is 1. The van der Waals surface area contributed by atoms with Crippen LogP contribution in [0.15, 0.2) is 47.1 Å². The van der Waals surface area contributed by atoms with Gasteiger partial charge < -0.3 is 9.73 Å². The third-order valence-corrected chi connectivity index (χ3v) is 4.56. The van der Waals surface area contributed by atoms with Crippen LogP contribution in [0, 0.1) is 20.8 Å². The van der Waals surface area contributed by atoms with Crippen LogP contribution in [-0.2, 0) is 0 Å². The summed E-state index contributed by atoms with van der Waals surface area (Å²) in [4.78, 5) is 21.2. The number of amides is 1. The standard InChI is InChI=1S/C20H17N3O2/c1-11-4-6-15-13(3)19(25-18(15)12(11)2)20(24)23-14-5-7-16-17(10-14)22-9-8-21-16/h4-10H,1-3H3,(H,23,24). The molecule has 1 N–H and O–H groups in total. The van der Waals surface area contributed by atoms with E-state index in [1.54, 1.807) is 18.5 Å². The van der Waals surface area contributed by atoms with E-state index in [2.05, 4.69) is 15.3 Å². The summed E-state index contributed by atoms with van der Waals surface area (Å²) in [5.41, 5.74) is 5.98.